The van der Waals surface area contributed by atoms with Crippen LogP contribution in [-0.4, -0.2) is 25.8 Å². The van der Waals surface area contributed by atoms with Gasteiger partial charge in [0, 0.05) is 36.0 Å². The lowest BCUT2D eigenvalue weighted by molar-refractivity contribution is 0.371. The molecule has 27 heavy (non-hydrogen) atoms. The molecule has 2 aromatic carbocycles. The molecule has 1 aromatic heterocycles. The summed E-state index contributed by atoms with van der Waals surface area (Å²) in [6.07, 6.45) is 2.86. The zero-order valence-electron chi connectivity index (χ0n) is 15.3. The molecule has 0 radical (unpaired) electrons. The first-order valence-corrected chi connectivity index (χ1v) is 10.2. The molecular weight excluding hydrogens is 362 g/mol. The van der Waals surface area contributed by atoms with E-state index in [1.807, 2.05) is 12.1 Å². The largest absolute Gasteiger partial charge is 0.480 e. The van der Waals surface area contributed by atoms with Crippen LogP contribution in [0.25, 0.3) is 21.9 Å². The zero-order chi connectivity index (χ0) is 19.6. The molecule has 0 unspecified atom stereocenters. The van der Waals surface area contributed by atoms with Crippen molar-refractivity contribution in [3.05, 3.63) is 59.0 Å². The Hall–Kier alpha value is -3.04. The van der Waals surface area contributed by atoms with Crippen molar-refractivity contribution >= 4 is 20.6 Å². The first-order chi connectivity index (χ1) is 12.8. The van der Waals surface area contributed by atoms with Crippen LogP contribution in [0.15, 0.2) is 58.4 Å². The van der Waals surface area contributed by atoms with E-state index >= 15 is 0 Å². The lowest BCUT2D eigenvalue weighted by atomic mass is 10.00. The molecule has 0 aliphatic heterocycles. The van der Waals surface area contributed by atoms with Gasteiger partial charge in [-0.1, -0.05) is 24.1 Å². The van der Waals surface area contributed by atoms with Crippen molar-refractivity contribution in [1.29, 1.82) is 0 Å². The predicted octanol–water partition coefficient (Wildman–Crippen LogP) is 3.01. The van der Waals surface area contributed by atoms with Gasteiger partial charge in [-0.2, -0.15) is 0 Å². The maximum atomic E-state index is 12.5. The molecule has 0 spiro atoms. The topological polar surface area (TPSA) is 65.4 Å². The highest BCUT2D eigenvalue weighted by atomic mass is 32.2. The van der Waals surface area contributed by atoms with E-state index in [-0.39, 0.29) is 17.1 Å². The van der Waals surface area contributed by atoms with Gasteiger partial charge < -0.3 is 9.30 Å². The average Bonchev–Trinajstić information content (AvgIpc) is 2.64. The van der Waals surface area contributed by atoms with Crippen molar-refractivity contribution in [3.8, 4) is 28.7 Å². The lowest BCUT2D eigenvalue weighted by Crippen LogP contribution is -2.16. The second-order valence-electron chi connectivity index (χ2n) is 6.15. The maximum absolute atomic E-state index is 12.5. The Kier molecular flexibility index (Phi) is 5.06. The number of rotatable bonds is 4. The molecule has 6 heteroatoms. The van der Waals surface area contributed by atoms with Crippen LogP contribution in [-0.2, 0) is 16.9 Å². The molecule has 0 aliphatic rings. The Morgan fingerprint density at radius 1 is 1.07 bits per heavy atom. The fraction of sp³-hybridized carbons (Fsp3) is 0.190. The number of aromatic nitrogens is 1. The zero-order valence-corrected chi connectivity index (χ0v) is 16.1. The molecule has 3 rings (SSSR count). The number of aryl methyl sites for hydroxylation is 1. The predicted molar refractivity (Wildman–Crippen MR) is 107 cm³/mol. The van der Waals surface area contributed by atoms with E-state index in [1.165, 1.54) is 10.6 Å². The van der Waals surface area contributed by atoms with Crippen LogP contribution in [0.2, 0.25) is 0 Å². The average molecular weight is 381 g/mol. The van der Waals surface area contributed by atoms with E-state index in [0.717, 1.165) is 17.2 Å². The first kappa shape index (κ1) is 18.7. The second kappa shape index (κ2) is 7.29. The first-order valence-electron chi connectivity index (χ1n) is 8.28. The summed E-state index contributed by atoms with van der Waals surface area (Å²) in [4.78, 5) is 12.6. The number of nitrogens with zero attached hydrogens (tertiary/aromatic N) is 1. The monoisotopic (exact) mass is 381 g/mol. The number of benzene rings is 2. The van der Waals surface area contributed by atoms with Crippen molar-refractivity contribution in [1.82, 2.24) is 4.57 Å². The van der Waals surface area contributed by atoms with E-state index < -0.39 is 9.84 Å². The molecule has 0 fully saturated rings. The van der Waals surface area contributed by atoms with Crippen LogP contribution in [0.3, 0.4) is 0 Å². The normalized spacial score (nSPS) is 11.1. The number of hydrogen-bond acceptors (Lipinski definition) is 4. The van der Waals surface area contributed by atoms with Crippen LogP contribution in [0.5, 0.6) is 5.75 Å². The highest BCUT2D eigenvalue weighted by Gasteiger charge is 2.17. The van der Waals surface area contributed by atoms with Gasteiger partial charge in [0.15, 0.2) is 9.84 Å². The summed E-state index contributed by atoms with van der Waals surface area (Å²) in [6, 6.07) is 12.0. The Bertz CT molecular complexity index is 1240. The Morgan fingerprint density at radius 3 is 2.44 bits per heavy atom. The highest BCUT2D eigenvalue weighted by molar-refractivity contribution is 7.90. The quantitative estimate of drug-likeness (QED) is 0.652. The summed E-state index contributed by atoms with van der Waals surface area (Å²) in [6.45, 7) is 1.91. The van der Waals surface area contributed by atoms with E-state index in [9.17, 15) is 13.2 Å². The van der Waals surface area contributed by atoms with Gasteiger partial charge in [0.1, 0.15) is 12.4 Å². The summed E-state index contributed by atoms with van der Waals surface area (Å²) in [7, 11) is -1.73. The number of fused-ring (bicyclic) bond motifs is 1. The van der Waals surface area contributed by atoms with Gasteiger partial charge in [-0.25, -0.2) is 8.42 Å². The Morgan fingerprint density at radius 2 is 1.78 bits per heavy atom. The molecule has 1 heterocycles. The Balaban J connectivity index is 2.34. The SMILES string of the molecule is CC#CCOc1ccc(S(C)(=O)=O)cc1-c1cn(C)c(=O)c2ccccc12. The fourth-order valence-electron chi connectivity index (χ4n) is 2.89. The smallest absolute Gasteiger partial charge is 0.258 e. The lowest BCUT2D eigenvalue weighted by Gasteiger charge is -2.15. The van der Waals surface area contributed by atoms with Crippen LogP contribution in [0, 0.1) is 11.8 Å². The second-order valence-corrected chi connectivity index (χ2v) is 8.17. The molecule has 0 bridgehead atoms. The Labute approximate surface area is 158 Å². The third-order valence-corrected chi connectivity index (χ3v) is 5.35. The molecule has 5 nitrogen and oxygen atoms in total. The van der Waals surface area contributed by atoms with Gasteiger partial charge in [-0.15, -0.1) is 5.92 Å². The maximum Gasteiger partial charge on any atom is 0.258 e. The highest BCUT2D eigenvalue weighted by Crippen LogP contribution is 2.35. The van der Waals surface area contributed by atoms with Crippen molar-refractivity contribution in [2.45, 2.75) is 11.8 Å². The molecule has 0 saturated heterocycles. The summed E-state index contributed by atoms with van der Waals surface area (Å²) in [5.41, 5.74) is 1.20. The van der Waals surface area contributed by atoms with Gasteiger partial charge >= 0.3 is 0 Å². The van der Waals surface area contributed by atoms with E-state index in [2.05, 4.69) is 11.8 Å². The number of sulfone groups is 1. The summed E-state index contributed by atoms with van der Waals surface area (Å²) >= 11 is 0. The number of hydrogen-bond donors (Lipinski definition) is 0. The third-order valence-electron chi connectivity index (χ3n) is 4.24. The summed E-state index contributed by atoms with van der Waals surface area (Å²) in [5, 5.41) is 1.29. The molecule has 0 amide bonds. The minimum atomic E-state index is -3.40. The van der Waals surface area contributed by atoms with Gasteiger partial charge in [0.2, 0.25) is 0 Å². The fourth-order valence-corrected chi connectivity index (χ4v) is 3.54. The number of pyridine rings is 1. The van der Waals surface area contributed by atoms with E-state index in [1.54, 1.807) is 44.4 Å². The molecule has 0 N–H and O–H groups in total. The van der Waals surface area contributed by atoms with E-state index in [4.69, 9.17) is 4.74 Å². The minimum absolute atomic E-state index is 0.118. The minimum Gasteiger partial charge on any atom is -0.480 e. The molecule has 138 valence electrons. The summed E-state index contributed by atoms with van der Waals surface area (Å²) in [5.74, 6) is 6.10. The van der Waals surface area contributed by atoms with E-state index in [0.29, 0.717) is 16.7 Å². The van der Waals surface area contributed by atoms with Gasteiger partial charge in [0.25, 0.3) is 5.56 Å². The van der Waals surface area contributed by atoms with Crippen LogP contribution in [0.4, 0.5) is 0 Å². The van der Waals surface area contributed by atoms with Crippen molar-refractivity contribution in [2.24, 2.45) is 7.05 Å². The van der Waals surface area contributed by atoms with Gasteiger partial charge in [-0.05, 0) is 36.6 Å². The molecular formula is C21H19NO4S. The van der Waals surface area contributed by atoms with Crippen molar-refractivity contribution in [3.63, 3.8) is 0 Å². The van der Waals surface area contributed by atoms with Crippen molar-refractivity contribution < 1.29 is 13.2 Å². The molecule has 0 saturated carbocycles. The molecule has 0 aliphatic carbocycles. The summed E-state index contributed by atoms with van der Waals surface area (Å²) < 4.78 is 31.4. The number of ether oxygens (including phenoxy) is 1. The van der Waals surface area contributed by atoms with Crippen molar-refractivity contribution in [2.75, 3.05) is 12.9 Å². The van der Waals surface area contributed by atoms with Crippen LogP contribution < -0.4 is 10.3 Å². The third kappa shape index (κ3) is 3.74. The van der Waals surface area contributed by atoms with Gasteiger partial charge in [0.05, 0.1) is 4.90 Å². The van der Waals surface area contributed by atoms with Crippen LogP contribution in [0.1, 0.15) is 6.92 Å². The van der Waals surface area contributed by atoms with Crippen LogP contribution >= 0.6 is 0 Å². The molecule has 0 atom stereocenters. The molecule has 3 aromatic rings. The standard InChI is InChI=1S/C21H19NO4S/c1-4-5-12-26-20-11-10-15(27(3,24)25)13-18(20)19-14-22(2)21(23)17-9-7-6-8-16(17)19/h6-11,13-14H,12H2,1-3H3. The van der Waals surface area contributed by atoms with Gasteiger partial charge in [-0.3, -0.25) is 4.79 Å².